The van der Waals surface area contributed by atoms with Crippen molar-refractivity contribution in [1.82, 2.24) is 20.9 Å². The minimum atomic E-state index is -0.219. The molecule has 0 heterocycles. The number of halogens is 1. The van der Waals surface area contributed by atoms with Crippen LogP contribution in [-0.2, 0) is 4.79 Å². The van der Waals surface area contributed by atoms with Crippen LogP contribution in [0.1, 0.15) is 34.6 Å². The van der Waals surface area contributed by atoms with E-state index in [-0.39, 0.29) is 47.4 Å². The largest absolute Gasteiger partial charge is 0.356 e. The zero-order valence-electron chi connectivity index (χ0n) is 15.3. The zero-order valence-corrected chi connectivity index (χ0v) is 17.7. The van der Waals surface area contributed by atoms with Gasteiger partial charge in [0.15, 0.2) is 5.96 Å². The maximum absolute atomic E-state index is 11.8. The molecule has 0 aliphatic carbocycles. The molecule has 0 aliphatic heterocycles. The number of guanidine groups is 1. The Bertz CT molecular complexity index is 361. The van der Waals surface area contributed by atoms with Crippen LogP contribution in [0.3, 0.4) is 0 Å². The molecule has 0 aromatic heterocycles. The van der Waals surface area contributed by atoms with Gasteiger partial charge in [-0.25, -0.2) is 0 Å². The highest BCUT2D eigenvalue weighted by Crippen LogP contribution is 2.13. The second-order valence-corrected chi connectivity index (χ2v) is 7.48. The van der Waals surface area contributed by atoms with Gasteiger partial charge in [0.05, 0.1) is 6.54 Å². The number of hydrogen-bond donors (Lipinski definition) is 3. The van der Waals surface area contributed by atoms with E-state index in [1.165, 1.54) is 0 Å². The minimum Gasteiger partial charge on any atom is -0.356 e. The molecule has 22 heavy (non-hydrogen) atoms. The van der Waals surface area contributed by atoms with Crippen LogP contribution in [0.25, 0.3) is 0 Å². The van der Waals surface area contributed by atoms with E-state index < -0.39 is 0 Å². The van der Waals surface area contributed by atoms with Crippen LogP contribution in [-0.4, -0.2) is 63.1 Å². The molecule has 7 heteroatoms. The van der Waals surface area contributed by atoms with Crippen LogP contribution >= 0.6 is 24.0 Å². The number of rotatable bonds is 6. The number of carbonyl (C=O) groups is 1. The molecule has 0 rings (SSSR count). The van der Waals surface area contributed by atoms with Crippen LogP contribution < -0.4 is 16.0 Å². The van der Waals surface area contributed by atoms with Gasteiger partial charge in [-0.1, -0.05) is 13.8 Å². The molecular formula is C15H34IN5O. The third-order valence-corrected chi connectivity index (χ3v) is 2.63. The highest BCUT2D eigenvalue weighted by molar-refractivity contribution is 14.0. The number of aliphatic imine (C=N–C) groups is 1. The van der Waals surface area contributed by atoms with Crippen LogP contribution in [0, 0.1) is 5.41 Å². The fourth-order valence-electron chi connectivity index (χ4n) is 2.08. The molecule has 0 aliphatic rings. The Morgan fingerprint density at radius 3 is 2.05 bits per heavy atom. The summed E-state index contributed by atoms with van der Waals surface area (Å²) in [7, 11) is 5.83. The van der Waals surface area contributed by atoms with E-state index >= 15 is 0 Å². The van der Waals surface area contributed by atoms with Gasteiger partial charge in [0.2, 0.25) is 5.91 Å². The topological polar surface area (TPSA) is 68.8 Å². The zero-order chi connectivity index (χ0) is 16.7. The molecule has 6 nitrogen and oxygen atoms in total. The lowest BCUT2D eigenvalue weighted by atomic mass is 9.93. The molecule has 0 fully saturated rings. The standard InChI is InChI=1S/C15H33N5O.HI/c1-14(2,3)19-12(21)9-17-13(16-6)18-10-15(4,5)11-20(7)8;/h9-11H2,1-8H3,(H,19,21)(H2,16,17,18);1H. The quantitative estimate of drug-likeness (QED) is 0.339. The Hall–Kier alpha value is -0.570. The number of amides is 1. The molecule has 0 unspecified atom stereocenters. The van der Waals surface area contributed by atoms with E-state index in [4.69, 9.17) is 0 Å². The van der Waals surface area contributed by atoms with E-state index in [0.717, 1.165) is 13.1 Å². The molecule has 132 valence electrons. The lowest BCUT2D eigenvalue weighted by molar-refractivity contribution is -0.121. The van der Waals surface area contributed by atoms with Gasteiger partial charge in [0.25, 0.3) is 0 Å². The summed E-state index contributed by atoms with van der Waals surface area (Å²) in [5.74, 6) is 0.601. The number of carbonyl (C=O) groups excluding carboxylic acids is 1. The Morgan fingerprint density at radius 1 is 1.09 bits per heavy atom. The van der Waals surface area contributed by atoms with E-state index in [9.17, 15) is 4.79 Å². The van der Waals surface area contributed by atoms with Crippen molar-refractivity contribution < 1.29 is 4.79 Å². The van der Waals surface area contributed by atoms with Gasteiger partial charge in [-0.05, 0) is 40.3 Å². The smallest absolute Gasteiger partial charge is 0.239 e. The third-order valence-electron chi connectivity index (χ3n) is 2.63. The van der Waals surface area contributed by atoms with Crippen molar-refractivity contribution in [2.75, 3.05) is 40.8 Å². The van der Waals surface area contributed by atoms with Crippen molar-refractivity contribution in [2.45, 2.75) is 40.2 Å². The summed E-state index contributed by atoms with van der Waals surface area (Å²) in [5.41, 5.74) is -0.0990. The van der Waals surface area contributed by atoms with Crippen molar-refractivity contribution in [1.29, 1.82) is 0 Å². The van der Waals surface area contributed by atoms with Crippen molar-refractivity contribution in [3.05, 3.63) is 0 Å². The lowest BCUT2D eigenvalue weighted by Gasteiger charge is -2.29. The van der Waals surface area contributed by atoms with Gasteiger partial charge in [-0.3, -0.25) is 9.79 Å². The van der Waals surface area contributed by atoms with Gasteiger partial charge in [0, 0.05) is 25.7 Å². The SMILES string of the molecule is CN=C(NCC(=O)NC(C)(C)C)NCC(C)(C)CN(C)C.I. The monoisotopic (exact) mass is 427 g/mol. The minimum absolute atomic E-state index is 0. The first-order valence-corrected chi connectivity index (χ1v) is 7.35. The predicted octanol–water partition coefficient (Wildman–Crippen LogP) is 1.27. The van der Waals surface area contributed by atoms with E-state index in [1.54, 1.807) is 7.05 Å². The molecule has 0 bridgehead atoms. The number of hydrogen-bond acceptors (Lipinski definition) is 3. The molecule has 0 radical (unpaired) electrons. The van der Waals surface area contributed by atoms with Gasteiger partial charge in [-0.15, -0.1) is 24.0 Å². The van der Waals surface area contributed by atoms with Crippen molar-refractivity contribution in [3.63, 3.8) is 0 Å². The van der Waals surface area contributed by atoms with Crippen LogP contribution in [0.5, 0.6) is 0 Å². The van der Waals surface area contributed by atoms with E-state index in [1.807, 2.05) is 20.8 Å². The summed E-state index contributed by atoms with van der Waals surface area (Å²) in [6, 6.07) is 0. The second-order valence-electron chi connectivity index (χ2n) is 7.48. The summed E-state index contributed by atoms with van der Waals surface area (Å²) < 4.78 is 0. The average Bonchev–Trinajstić information content (AvgIpc) is 2.24. The van der Waals surface area contributed by atoms with Gasteiger partial charge < -0.3 is 20.9 Å². The fraction of sp³-hybridized carbons (Fsp3) is 0.867. The van der Waals surface area contributed by atoms with Crippen LogP contribution in [0.15, 0.2) is 4.99 Å². The molecule has 3 N–H and O–H groups in total. The van der Waals surface area contributed by atoms with E-state index in [2.05, 4.69) is 53.8 Å². The Labute approximate surface area is 152 Å². The normalized spacial score (nSPS) is 12.7. The highest BCUT2D eigenvalue weighted by atomic mass is 127. The molecular weight excluding hydrogens is 393 g/mol. The van der Waals surface area contributed by atoms with Gasteiger partial charge in [-0.2, -0.15) is 0 Å². The van der Waals surface area contributed by atoms with Crippen molar-refractivity contribution in [2.24, 2.45) is 10.4 Å². The Morgan fingerprint density at radius 2 is 1.64 bits per heavy atom. The maximum atomic E-state index is 11.8. The van der Waals surface area contributed by atoms with Gasteiger partial charge in [0.1, 0.15) is 0 Å². The molecule has 1 amide bonds. The molecule has 0 spiro atoms. The Balaban J connectivity index is 0. The first kappa shape index (κ1) is 23.7. The summed E-state index contributed by atoms with van der Waals surface area (Å²) in [6.07, 6.45) is 0. The number of nitrogens with one attached hydrogen (secondary N) is 3. The molecule has 0 saturated heterocycles. The van der Waals surface area contributed by atoms with Crippen LogP contribution in [0.4, 0.5) is 0 Å². The third kappa shape index (κ3) is 13.1. The Kier molecular flexibility index (Phi) is 11.0. The summed E-state index contributed by atoms with van der Waals surface area (Å²) in [6.45, 7) is 12.2. The first-order valence-electron chi connectivity index (χ1n) is 7.35. The highest BCUT2D eigenvalue weighted by Gasteiger charge is 2.19. The fourth-order valence-corrected chi connectivity index (χ4v) is 2.08. The predicted molar refractivity (Wildman–Crippen MR) is 105 cm³/mol. The van der Waals surface area contributed by atoms with Crippen molar-refractivity contribution in [3.8, 4) is 0 Å². The van der Waals surface area contributed by atoms with Crippen molar-refractivity contribution >= 4 is 35.8 Å². The average molecular weight is 427 g/mol. The summed E-state index contributed by atoms with van der Waals surface area (Å²) in [4.78, 5) is 18.1. The summed E-state index contributed by atoms with van der Waals surface area (Å²) >= 11 is 0. The number of nitrogens with zero attached hydrogens (tertiary/aromatic N) is 2. The molecule has 0 atom stereocenters. The molecule has 0 aromatic rings. The molecule has 0 aromatic carbocycles. The first-order chi connectivity index (χ1) is 9.45. The molecule has 0 saturated carbocycles. The van der Waals surface area contributed by atoms with Gasteiger partial charge >= 0.3 is 0 Å². The van der Waals surface area contributed by atoms with Crippen LogP contribution in [0.2, 0.25) is 0 Å². The lowest BCUT2D eigenvalue weighted by Crippen LogP contribution is -2.49. The second kappa shape index (κ2) is 10.3. The summed E-state index contributed by atoms with van der Waals surface area (Å²) in [5, 5.41) is 9.20. The maximum Gasteiger partial charge on any atom is 0.239 e. The van der Waals surface area contributed by atoms with E-state index in [0.29, 0.717) is 5.96 Å².